The number of rotatable bonds is 12. The number of carboxylic acids is 1. The molecule has 0 aliphatic carbocycles. The molecule has 144 valence electrons. The molecular formula is C22H38O3. The van der Waals surface area contributed by atoms with Gasteiger partial charge in [0.1, 0.15) is 0 Å². The molecule has 1 unspecified atom stereocenters. The summed E-state index contributed by atoms with van der Waals surface area (Å²) in [5.74, 6) is -0.682. The van der Waals surface area contributed by atoms with Crippen LogP contribution in [0.1, 0.15) is 89.2 Å². The maximum absolute atomic E-state index is 9.87. The SMILES string of the molecule is CCCCC(O)CCCCc1ccc(C)cc1.CCCCCC(=O)O. The first kappa shape index (κ1) is 23.6. The van der Waals surface area contributed by atoms with E-state index in [9.17, 15) is 9.90 Å². The largest absolute Gasteiger partial charge is 0.481 e. The first-order valence-electron chi connectivity index (χ1n) is 9.95. The Morgan fingerprint density at radius 1 is 0.920 bits per heavy atom. The summed E-state index contributed by atoms with van der Waals surface area (Å²) in [4.78, 5) is 9.87. The summed E-state index contributed by atoms with van der Waals surface area (Å²) < 4.78 is 0. The predicted molar refractivity (Wildman–Crippen MR) is 106 cm³/mol. The van der Waals surface area contributed by atoms with Crippen molar-refractivity contribution in [3.63, 3.8) is 0 Å². The van der Waals surface area contributed by atoms with Gasteiger partial charge in [0.2, 0.25) is 0 Å². The molecule has 25 heavy (non-hydrogen) atoms. The number of hydrogen-bond donors (Lipinski definition) is 2. The van der Waals surface area contributed by atoms with Crippen molar-refractivity contribution in [3.05, 3.63) is 35.4 Å². The van der Waals surface area contributed by atoms with Crippen LogP contribution in [-0.2, 0) is 11.2 Å². The van der Waals surface area contributed by atoms with Gasteiger partial charge in [-0.1, -0.05) is 75.8 Å². The number of aliphatic hydroxyl groups excluding tert-OH is 1. The van der Waals surface area contributed by atoms with Gasteiger partial charge >= 0.3 is 5.97 Å². The van der Waals surface area contributed by atoms with Crippen LogP contribution in [0.4, 0.5) is 0 Å². The van der Waals surface area contributed by atoms with Gasteiger partial charge in [-0.05, 0) is 44.6 Å². The van der Waals surface area contributed by atoms with E-state index < -0.39 is 5.97 Å². The van der Waals surface area contributed by atoms with Crippen molar-refractivity contribution in [2.24, 2.45) is 0 Å². The van der Waals surface area contributed by atoms with E-state index in [1.165, 1.54) is 24.0 Å². The Kier molecular flexibility index (Phi) is 15.3. The second-order valence-electron chi connectivity index (χ2n) is 6.88. The molecule has 1 aromatic carbocycles. The van der Waals surface area contributed by atoms with Crippen LogP contribution in [0, 0.1) is 6.92 Å². The van der Waals surface area contributed by atoms with Crippen molar-refractivity contribution in [2.45, 2.75) is 97.5 Å². The van der Waals surface area contributed by atoms with Gasteiger partial charge in [0.15, 0.2) is 0 Å². The van der Waals surface area contributed by atoms with Crippen molar-refractivity contribution >= 4 is 5.97 Å². The maximum Gasteiger partial charge on any atom is 0.303 e. The number of carbonyl (C=O) groups is 1. The molecule has 3 heteroatoms. The third-order valence-corrected chi connectivity index (χ3v) is 4.26. The van der Waals surface area contributed by atoms with Gasteiger partial charge in [0.25, 0.3) is 0 Å². The standard InChI is InChI=1S/C16H26O.C6H12O2/c1-3-4-8-16(17)9-6-5-7-15-12-10-14(2)11-13-15;1-2-3-4-5-6(7)8/h10-13,16-17H,3-9H2,1-2H3;2-5H2,1H3,(H,7,8). The van der Waals surface area contributed by atoms with Gasteiger partial charge in [-0.2, -0.15) is 0 Å². The third kappa shape index (κ3) is 15.9. The van der Waals surface area contributed by atoms with E-state index in [4.69, 9.17) is 5.11 Å². The summed E-state index contributed by atoms with van der Waals surface area (Å²) in [6, 6.07) is 8.77. The first-order valence-corrected chi connectivity index (χ1v) is 9.95. The van der Waals surface area contributed by atoms with Gasteiger partial charge in [-0.25, -0.2) is 0 Å². The maximum atomic E-state index is 9.87. The smallest absolute Gasteiger partial charge is 0.303 e. The Morgan fingerprint density at radius 2 is 1.52 bits per heavy atom. The van der Waals surface area contributed by atoms with E-state index in [-0.39, 0.29) is 6.10 Å². The van der Waals surface area contributed by atoms with Crippen molar-refractivity contribution < 1.29 is 15.0 Å². The number of carboxylic acid groups (broad SMARTS) is 1. The van der Waals surface area contributed by atoms with E-state index in [2.05, 4.69) is 45.0 Å². The average Bonchev–Trinajstić information content (AvgIpc) is 2.59. The van der Waals surface area contributed by atoms with Crippen LogP contribution < -0.4 is 0 Å². The first-order chi connectivity index (χ1) is 12.0. The molecular weight excluding hydrogens is 312 g/mol. The van der Waals surface area contributed by atoms with Crippen molar-refractivity contribution in [3.8, 4) is 0 Å². The summed E-state index contributed by atoms with van der Waals surface area (Å²) in [5.41, 5.74) is 2.74. The monoisotopic (exact) mass is 350 g/mol. The summed E-state index contributed by atoms with van der Waals surface area (Å²) >= 11 is 0. The van der Waals surface area contributed by atoms with E-state index in [1.807, 2.05) is 0 Å². The minimum absolute atomic E-state index is 0.0760. The molecule has 0 spiro atoms. The average molecular weight is 351 g/mol. The quantitative estimate of drug-likeness (QED) is 0.461. The van der Waals surface area contributed by atoms with Gasteiger partial charge in [-0.3, -0.25) is 4.79 Å². The van der Waals surface area contributed by atoms with Crippen LogP contribution in [0.25, 0.3) is 0 Å². The summed E-state index contributed by atoms with van der Waals surface area (Å²) in [5, 5.41) is 17.9. The van der Waals surface area contributed by atoms with Crippen LogP contribution in [0.3, 0.4) is 0 Å². The van der Waals surface area contributed by atoms with E-state index >= 15 is 0 Å². The Bertz CT molecular complexity index is 425. The fourth-order valence-corrected chi connectivity index (χ4v) is 2.57. The topological polar surface area (TPSA) is 57.5 Å². The summed E-state index contributed by atoms with van der Waals surface area (Å²) in [7, 11) is 0. The lowest BCUT2D eigenvalue weighted by atomic mass is 10.0. The highest BCUT2D eigenvalue weighted by Gasteiger charge is 2.02. The zero-order valence-corrected chi connectivity index (χ0v) is 16.5. The fourth-order valence-electron chi connectivity index (χ4n) is 2.57. The van der Waals surface area contributed by atoms with Gasteiger partial charge in [0.05, 0.1) is 6.10 Å². The molecule has 0 heterocycles. The second kappa shape index (κ2) is 16.1. The highest BCUT2D eigenvalue weighted by atomic mass is 16.4. The van der Waals surface area contributed by atoms with Crippen molar-refractivity contribution in [1.29, 1.82) is 0 Å². The summed E-state index contributed by atoms with van der Waals surface area (Å²) in [6.45, 7) is 6.35. The number of aliphatic hydroxyl groups is 1. The van der Waals surface area contributed by atoms with Crippen molar-refractivity contribution in [2.75, 3.05) is 0 Å². The van der Waals surface area contributed by atoms with E-state index in [1.54, 1.807) is 0 Å². The molecule has 0 saturated carbocycles. The van der Waals surface area contributed by atoms with E-state index in [0.29, 0.717) is 6.42 Å². The molecule has 3 nitrogen and oxygen atoms in total. The Morgan fingerprint density at radius 3 is 2.08 bits per heavy atom. The van der Waals surface area contributed by atoms with Gasteiger partial charge < -0.3 is 10.2 Å². The molecule has 0 aliphatic rings. The zero-order valence-electron chi connectivity index (χ0n) is 16.5. The van der Waals surface area contributed by atoms with Crippen LogP contribution in [0.5, 0.6) is 0 Å². The van der Waals surface area contributed by atoms with Crippen LogP contribution in [0.2, 0.25) is 0 Å². The van der Waals surface area contributed by atoms with Crippen molar-refractivity contribution in [1.82, 2.24) is 0 Å². The van der Waals surface area contributed by atoms with Crippen LogP contribution in [0.15, 0.2) is 24.3 Å². The molecule has 0 aromatic heterocycles. The lowest BCUT2D eigenvalue weighted by molar-refractivity contribution is -0.137. The summed E-state index contributed by atoms with van der Waals surface area (Å²) in [6.07, 6.45) is 10.9. The van der Waals surface area contributed by atoms with Gasteiger partial charge in [0, 0.05) is 6.42 Å². The molecule has 1 aromatic rings. The molecule has 0 bridgehead atoms. The predicted octanol–water partition coefficient (Wildman–Crippen LogP) is 5.91. The number of aliphatic carboxylic acids is 1. The number of benzene rings is 1. The Hall–Kier alpha value is -1.35. The number of aryl methyl sites for hydroxylation is 2. The molecule has 0 radical (unpaired) electrons. The molecule has 1 rings (SSSR count). The molecule has 0 fully saturated rings. The molecule has 0 saturated heterocycles. The highest BCUT2D eigenvalue weighted by Crippen LogP contribution is 2.12. The molecule has 0 amide bonds. The second-order valence-corrected chi connectivity index (χ2v) is 6.88. The minimum atomic E-state index is -0.682. The molecule has 1 atom stereocenters. The minimum Gasteiger partial charge on any atom is -0.481 e. The third-order valence-electron chi connectivity index (χ3n) is 4.26. The molecule has 2 N–H and O–H groups in total. The number of hydrogen-bond acceptors (Lipinski definition) is 2. The lowest BCUT2D eigenvalue weighted by Crippen LogP contribution is -2.05. The van der Waals surface area contributed by atoms with Crippen LogP contribution >= 0.6 is 0 Å². The Labute approximate surface area is 154 Å². The fraction of sp³-hybridized carbons (Fsp3) is 0.682. The Balaban J connectivity index is 0.000000609. The normalized spacial score (nSPS) is 11.5. The zero-order chi connectivity index (χ0) is 18.9. The molecule has 0 aliphatic heterocycles. The highest BCUT2D eigenvalue weighted by molar-refractivity contribution is 5.66. The van der Waals surface area contributed by atoms with Crippen LogP contribution in [-0.4, -0.2) is 22.3 Å². The lowest BCUT2D eigenvalue weighted by Gasteiger charge is -2.09. The number of unbranched alkanes of at least 4 members (excludes halogenated alkanes) is 4. The van der Waals surface area contributed by atoms with Gasteiger partial charge in [-0.15, -0.1) is 0 Å². The van der Waals surface area contributed by atoms with E-state index in [0.717, 1.165) is 51.4 Å².